The normalized spacial score (nSPS) is 12.4. The molecule has 0 bridgehead atoms. The van der Waals surface area contributed by atoms with Gasteiger partial charge in [-0.25, -0.2) is 0 Å². The number of methoxy groups -OCH3 is 1. The van der Waals surface area contributed by atoms with Crippen molar-refractivity contribution in [3.63, 3.8) is 0 Å². The summed E-state index contributed by atoms with van der Waals surface area (Å²) in [6, 6.07) is 16.5. The Hall–Kier alpha value is -1.36. The fourth-order valence-electron chi connectivity index (χ4n) is 2.47. The summed E-state index contributed by atoms with van der Waals surface area (Å²) in [6.45, 7) is 1.39. The first-order valence-electron chi connectivity index (χ1n) is 6.93. The molecule has 0 saturated heterocycles. The van der Waals surface area contributed by atoms with E-state index in [1.807, 2.05) is 18.2 Å². The summed E-state index contributed by atoms with van der Waals surface area (Å²) >= 11 is 3.46. The van der Waals surface area contributed by atoms with Gasteiger partial charge in [0, 0.05) is 23.1 Å². The third-order valence-corrected chi connectivity index (χ3v) is 4.13. The molecule has 2 aromatic carbocycles. The quantitative estimate of drug-likeness (QED) is 0.866. The number of hydrogen-bond donors (Lipinski definition) is 1. The first-order chi connectivity index (χ1) is 10.2. The average molecular weight is 349 g/mol. The highest BCUT2D eigenvalue weighted by atomic mass is 79.9. The second kappa shape index (κ2) is 7.59. The average Bonchev–Trinajstić information content (AvgIpc) is 2.51. The van der Waals surface area contributed by atoms with E-state index in [0.717, 1.165) is 22.3 Å². The van der Waals surface area contributed by atoms with Crippen molar-refractivity contribution in [3.8, 4) is 5.75 Å². The molecule has 0 heterocycles. The van der Waals surface area contributed by atoms with E-state index in [-0.39, 0.29) is 6.04 Å². The van der Waals surface area contributed by atoms with Gasteiger partial charge in [0.15, 0.2) is 0 Å². The van der Waals surface area contributed by atoms with Gasteiger partial charge in [0.05, 0.1) is 13.2 Å². The summed E-state index contributed by atoms with van der Waals surface area (Å²) in [5.41, 5.74) is 8.39. The molecule has 21 heavy (non-hydrogen) atoms. The number of rotatable bonds is 6. The smallest absolute Gasteiger partial charge is 0.123 e. The van der Waals surface area contributed by atoms with E-state index in [2.05, 4.69) is 58.2 Å². The predicted octanol–water partition coefficient (Wildman–Crippen LogP) is 3.59. The van der Waals surface area contributed by atoms with Crippen LogP contribution in [0.2, 0.25) is 0 Å². The minimum absolute atomic E-state index is 0.129. The Bertz CT molecular complexity index is 571. The minimum atomic E-state index is 0.129. The molecule has 0 saturated carbocycles. The summed E-state index contributed by atoms with van der Waals surface area (Å²) in [6.07, 6.45) is 0. The number of ether oxygens (including phenoxy) is 1. The number of halogens is 1. The van der Waals surface area contributed by atoms with Crippen molar-refractivity contribution >= 4 is 15.9 Å². The third kappa shape index (κ3) is 4.06. The fourth-order valence-corrected chi connectivity index (χ4v) is 2.74. The topological polar surface area (TPSA) is 38.5 Å². The van der Waals surface area contributed by atoms with Crippen LogP contribution in [0.25, 0.3) is 0 Å². The van der Waals surface area contributed by atoms with Crippen molar-refractivity contribution in [2.45, 2.75) is 12.6 Å². The van der Waals surface area contributed by atoms with E-state index in [9.17, 15) is 0 Å². The number of nitrogens with two attached hydrogens (primary N) is 1. The van der Waals surface area contributed by atoms with Crippen LogP contribution in [-0.2, 0) is 6.54 Å². The second-order valence-corrected chi connectivity index (χ2v) is 5.95. The minimum Gasteiger partial charge on any atom is -0.496 e. The van der Waals surface area contributed by atoms with Crippen LogP contribution < -0.4 is 10.5 Å². The Morgan fingerprint density at radius 2 is 1.81 bits per heavy atom. The summed E-state index contributed by atoms with van der Waals surface area (Å²) in [5.74, 6) is 0.885. The molecule has 3 nitrogen and oxygen atoms in total. The van der Waals surface area contributed by atoms with Gasteiger partial charge in [-0.3, -0.25) is 4.90 Å². The number of nitrogens with zero attached hydrogens (tertiary/aromatic N) is 1. The Labute approximate surface area is 134 Å². The largest absolute Gasteiger partial charge is 0.496 e. The molecule has 4 heteroatoms. The lowest BCUT2D eigenvalue weighted by atomic mass is 10.0. The van der Waals surface area contributed by atoms with E-state index >= 15 is 0 Å². The highest BCUT2D eigenvalue weighted by molar-refractivity contribution is 9.10. The van der Waals surface area contributed by atoms with Crippen molar-refractivity contribution in [1.29, 1.82) is 0 Å². The summed E-state index contributed by atoms with van der Waals surface area (Å²) in [5, 5.41) is 0. The second-order valence-electron chi connectivity index (χ2n) is 5.04. The molecule has 2 N–H and O–H groups in total. The van der Waals surface area contributed by atoms with E-state index in [0.29, 0.717) is 6.54 Å². The Morgan fingerprint density at radius 3 is 2.43 bits per heavy atom. The van der Waals surface area contributed by atoms with Crippen LogP contribution in [0.5, 0.6) is 5.75 Å². The Kier molecular flexibility index (Phi) is 5.79. The SMILES string of the molecule is COc1ccccc1C(CN)N(C)Cc1ccc(Br)cc1. The first-order valence-corrected chi connectivity index (χ1v) is 7.72. The molecule has 0 spiro atoms. The number of benzene rings is 2. The zero-order valence-corrected chi connectivity index (χ0v) is 14.0. The number of likely N-dealkylation sites (N-methyl/N-ethyl adjacent to an activating group) is 1. The molecule has 0 amide bonds. The maximum Gasteiger partial charge on any atom is 0.123 e. The van der Waals surface area contributed by atoms with Gasteiger partial charge in [0.2, 0.25) is 0 Å². The van der Waals surface area contributed by atoms with Crippen molar-refractivity contribution in [3.05, 3.63) is 64.1 Å². The van der Waals surface area contributed by atoms with Gasteiger partial charge in [0.25, 0.3) is 0 Å². The van der Waals surface area contributed by atoms with Crippen LogP contribution in [0.15, 0.2) is 53.0 Å². The standard InChI is InChI=1S/C17H21BrN2O/c1-20(12-13-7-9-14(18)10-8-13)16(11-19)15-5-3-4-6-17(15)21-2/h3-10,16H,11-12,19H2,1-2H3. The third-order valence-electron chi connectivity index (χ3n) is 3.60. The molecule has 0 aliphatic carbocycles. The van der Waals surface area contributed by atoms with E-state index in [4.69, 9.17) is 10.5 Å². The zero-order chi connectivity index (χ0) is 15.2. The Morgan fingerprint density at radius 1 is 1.14 bits per heavy atom. The molecule has 112 valence electrons. The molecular formula is C17H21BrN2O. The summed E-state index contributed by atoms with van der Waals surface area (Å²) in [7, 11) is 3.78. The Balaban J connectivity index is 2.18. The van der Waals surface area contributed by atoms with Crippen LogP contribution in [0.4, 0.5) is 0 Å². The highest BCUT2D eigenvalue weighted by Crippen LogP contribution is 2.28. The predicted molar refractivity (Wildman–Crippen MR) is 90.4 cm³/mol. The van der Waals surface area contributed by atoms with Gasteiger partial charge >= 0.3 is 0 Å². The summed E-state index contributed by atoms with van der Waals surface area (Å²) in [4.78, 5) is 2.25. The van der Waals surface area contributed by atoms with Crippen LogP contribution >= 0.6 is 15.9 Å². The molecule has 0 aliphatic rings. The molecule has 0 radical (unpaired) electrons. The molecule has 0 aliphatic heterocycles. The lowest BCUT2D eigenvalue weighted by Crippen LogP contribution is -2.30. The van der Waals surface area contributed by atoms with Gasteiger partial charge < -0.3 is 10.5 Å². The maximum atomic E-state index is 6.00. The number of hydrogen-bond acceptors (Lipinski definition) is 3. The van der Waals surface area contributed by atoms with E-state index < -0.39 is 0 Å². The maximum absolute atomic E-state index is 6.00. The first kappa shape index (κ1) is 16.0. The van der Waals surface area contributed by atoms with Gasteiger partial charge in [-0.05, 0) is 30.8 Å². The van der Waals surface area contributed by atoms with Crippen LogP contribution in [0, 0.1) is 0 Å². The molecule has 0 fully saturated rings. The zero-order valence-electron chi connectivity index (χ0n) is 12.4. The monoisotopic (exact) mass is 348 g/mol. The van der Waals surface area contributed by atoms with Crippen molar-refractivity contribution < 1.29 is 4.74 Å². The highest BCUT2D eigenvalue weighted by Gasteiger charge is 2.19. The van der Waals surface area contributed by atoms with E-state index in [1.165, 1.54) is 5.56 Å². The van der Waals surface area contributed by atoms with Crippen molar-refractivity contribution in [2.75, 3.05) is 20.7 Å². The van der Waals surface area contributed by atoms with Gasteiger partial charge in [-0.2, -0.15) is 0 Å². The number of para-hydroxylation sites is 1. The van der Waals surface area contributed by atoms with E-state index in [1.54, 1.807) is 7.11 Å². The van der Waals surface area contributed by atoms with Crippen LogP contribution in [-0.4, -0.2) is 25.6 Å². The molecule has 1 unspecified atom stereocenters. The summed E-state index contributed by atoms with van der Waals surface area (Å²) < 4.78 is 6.55. The van der Waals surface area contributed by atoms with Crippen molar-refractivity contribution in [1.82, 2.24) is 4.90 Å². The van der Waals surface area contributed by atoms with Crippen LogP contribution in [0.1, 0.15) is 17.2 Å². The molecule has 0 aromatic heterocycles. The molecule has 1 atom stereocenters. The van der Waals surface area contributed by atoms with Gasteiger partial charge in [0.1, 0.15) is 5.75 Å². The van der Waals surface area contributed by atoms with Gasteiger partial charge in [-0.1, -0.05) is 46.3 Å². The van der Waals surface area contributed by atoms with Crippen LogP contribution in [0.3, 0.4) is 0 Å². The molecule has 2 aromatic rings. The molecular weight excluding hydrogens is 328 g/mol. The lowest BCUT2D eigenvalue weighted by molar-refractivity contribution is 0.236. The van der Waals surface area contributed by atoms with Gasteiger partial charge in [-0.15, -0.1) is 0 Å². The fraction of sp³-hybridized carbons (Fsp3) is 0.294. The molecule has 2 rings (SSSR count). The lowest BCUT2D eigenvalue weighted by Gasteiger charge is -2.28. The van der Waals surface area contributed by atoms with Crippen molar-refractivity contribution in [2.24, 2.45) is 5.73 Å².